The van der Waals surface area contributed by atoms with Crippen molar-refractivity contribution in [2.24, 2.45) is 0 Å². The molecule has 3 aromatic rings. The van der Waals surface area contributed by atoms with E-state index in [1.165, 1.54) is 24.5 Å². The van der Waals surface area contributed by atoms with Crippen molar-refractivity contribution in [3.05, 3.63) is 83.7 Å². The van der Waals surface area contributed by atoms with Crippen LogP contribution in [0.1, 0.15) is 27.6 Å². The van der Waals surface area contributed by atoms with Crippen molar-refractivity contribution in [3.63, 3.8) is 0 Å². The van der Waals surface area contributed by atoms with Gasteiger partial charge < -0.3 is 15.4 Å². The second-order valence-electron chi connectivity index (χ2n) is 5.90. The van der Waals surface area contributed by atoms with Crippen LogP contribution in [0.2, 0.25) is 0 Å². The van der Waals surface area contributed by atoms with Crippen molar-refractivity contribution in [2.45, 2.75) is 6.92 Å². The van der Waals surface area contributed by atoms with E-state index in [0.29, 0.717) is 16.9 Å². The molecular formula is C21H17F2N3O3. The molecule has 148 valence electrons. The molecule has 0 saturated carbocycles. The zero-order valence-electron chi connectivity index (χ0n) is 15.4. The Kier molecular flexibility index (Phi) is 6.13. The fourth-order valence-electron chi connectivity index (χ4n) is 2.57. The predicted molar refractivity (Wildman–Crippen MR) is 104 cm³/mol. The highest BCUT2D eigenvalue weighted by Gasteiger charge is 2.15. The summed E-state index contributed by atoms with van der Waals surface area (Å²) in [5.74, 6) is -3.00. The summed E-state index contributed by atoms with van der Waals surface area (Å²) in [7, 11) is 0. The number of ether oxygens (including phenoxy) is 1. The minimum absolute atomic E-state index is 0.0752. The Hall–Kier alpha value is -3.81. The van der Waals surface area contributed by atoms with E-state index in [1.807, 2.05) is 0 Å². The van der Waals surface area contributed by atoms with Gasteiger partial charge in [0.05, 0.1) is 35.3 Å². The van der Waals surface area contributed by atoms with Crippen molar-refractivity contribution in [3.8, 4) is 0 Å². The monoisotopic (exact) mass is 397 g/mol. The minimum atomic E-state index is -0.885. The van der Waals surface area contributed by atoms with Crippen LogP contribution in [-0.4, -0.2) is 23.5 Å². The topological polar surface area (TPSA) is 80.3 Å². The maximum absolute atomic E-state index is 13.7. The highest BCUT2D eigenvalue weighted by molar-refractivity contribution is 6.05. The lowest BCUT2D eigenvalue weighted by atomic mass is 10.1. The number of rotatable bonds is 6. The summed E-state index contributed by atoms with van der Waals surface area (Å²) in [6, 6.07) is 11.4. The van der Waals surface area contributed by atoms with Crippen LogP contribution < -0.4 is 10.6 Å². The number of nitrogens with one attached hydrogen (secondary N) is 2. The molecule has 6 nitrogen and oxygen atoms in total. The summed E-state index contributed by atoms with van der Waals surface area (Å²) in [5.41, 5.74) is 0.723. The quantitative estimate of drug-likeness (QED) is 0.598. The normalized spacial score (nSPS) is 10.3. The summed E-state index contributed by atoms with van der Waals surface area (Å²) in [5, 5.41) is 5.20. The third-order valence-electron chi connectivity index (χ3n) is 3.90. The van der Waals surface area contributed by atoms with Gasteiger partial charge >= 0.3 is 5.97 Å². The molecule has 0 atom stereocenters. The Morgan fingerprint density at radius 3 is 2.48 bits per heavy atom. The van der Waals surface area contributed by atoms with E-state index < -0.39 is 29.2 Å². The van der Waals surface area contributed by atoms with Crippen LogP contribution in [0, 0.1) is 11.6 Å². The second-order valence-corrected chi connectivity index (χ2v) is 5.90. The molecule has 3 rings (SSSR count). The third kappa shape index (κ3) is 4.73. The van der Waals surface area contributed by atoms with Gasteiger partial charge in [0.15, 0.2) is 0 Å². The molecular weight excluding hydrogens is 380 g/mol. The van der Waals surface area contributed by atoms with Crippen molar-refractivity contribution in [2.75, 3.05) is 17.2 Å². The van der Waals surface area contributed by atoms with Gasteiger partial charge in [-0.2, -0.15) is 0 Å². The van der Waals surface area contributed by atoms with Gasteiger partial charge in [0.25, 0.3) is 5.91 Å². The fourth-order valence-corrected chi connectivity index (χ4v) is 2.57. The van der Waals surface area contributed by atoms with Gasteiger partial charge in [-0.25, -0.2) is 13.6 Å². The number of carbonyl (C=O) groups excluding carboxylic acids is 2. The minimum Gasteiger partial charge on any atom is -0.462 e. The number of hydrogen-bond donors (Lipinski definition) is 2. The second kappa shape index (κ2) is 8.92. The number of halogens is 2. The lowest BCUT2D eigenvalue weighted by Crippen LogP contribution is -2.15. The lowest BCUT2D eigenvalue weighted by Gasteiger charge is -2.12. The molecule has 0 bridgehead atoms. The van der Waals surface area contributed by atoms with Crippen LogP contribution in [0.25, 0.3) is 0 Å². The van der Waals surface area contributed by atoms with Gasteiger partial charge in [-0.05, 0) is 37.3 Å². The first-order valence-corrected chi connectivity index (χ1v) is 8.73. The zero-order valence-corrected chi connectivity index (χ0v) is 15.4. The largest absolute Gasteiger partial charge is 0.462 e. The number of anilines is 3. The van der Waals surface area contributed by atoms with E-state index in [0.717, 1.165) is 12.1 Å². The molecule has 0 radical (unpaired) electrons. The molecule has 0 aliphatic rings. The molecule has 1 heterocycles. The van der Waals surface area contributed by atoms with E-state index in [1.54, 1.807) is 31.2 Å². The molecule has 2 N–H and O–H groups in total. The number of carbonyl (C=O) groups is 2. The molecule has 8 heteroatoms. The van der Waals surface area contributed by atoms with Crippen LogP contribution in [0.5, 0.6) is 0 Å². The number of benzene rings is 2. The predicted octanol–water partition coefficient (Wildman–Crippen LogP) is 4.53. The van der Waals surface area contributed by atoms with Gasteiger partial charge in [-0.1, -0.05) is 18.2 Å². The van der Waals surface area contributed by atoms with Crippen molar-refractivity contribution in [1.82, 2.24) is 4.98 Å². The van der Waals surface area contributed by atoms with E-state index in [9.17, 15) is 18.4 Å². The SMILES string of the molecule is CCOC(=O)c1ccccc1Nc1cncc(C(=O)Nc2c(F)cccc2F)c1. The third-order valence-corrected chi connectivity index (χ3v) is 3.90. The molecule has 29 heavy (non-hydrogen) atoms. The van der Waals surface area contributed by atoms with Gasteiger partial charge in [-0.15, -0.1) is 0 Å². The van der Waals surface area contributed by atoms with Crippen LogP contribution in [0.4, 0.5) is 25.8 Å². The maximum Gasteiger partial charge on any atom is 0.340 e. The Morgan fingerprint density at radius 1 is 1.03 bits per heavy atom. The molecule has 1 amide bonds. The molecule has 2 aromatic carbocycles. The molecule has 0 spiro atoms. The van der Waals surface area contributed by atoms with Crippen molar-refractivity contribution >= 4 is 28.9 Å². The fraction of sp³-hybridized carbons (Fsp3) is 0.0952. The number of aromatic nitrogens is 1. The first kappa shape index (κ1) is 19.9. The van der Waals surface area contributed by atoms with E-state index >= 15 is 0 Å². The van der Waals surface area contributed by atoms with Crippen LogP contribution in [0.3, 0.4) is 0 Å². The van der Waals surface area contributed by atoms with E-state index in [4.69, 9.17) is 4.74 Å². The zero-order chi connectivity index (χ0) is 20.8. The molecule has 0 saturated heterocycles. The molecule has 0 aliphatic carbocycles. The highest BCUT2D eigenvalue weighted by atomic mass is 19.1. The number of esters is 1. The number of hydrogen-bond acceptors (Lipinski definition) is 5. The first-order valence-electron chi connectivity index (χ1n) is 8.73. The van der Waals surface area contributed by atoms with Crippen LogP contribution >= 0.6 is 0 Å². The number of amides is 1. The highest BCUT2D eigenvalue weighted by Crippen LogP contribution is 2.23. The molecule has 0 fully saturated rings. The Labute approximate surface area is 165 Å². The van der Waals surface area contributed by atoms with Crippen molar-refractivity contribution in [1.29, 1.82) is 0 Å². The summed E-state index contributed by atoms with van der Waals surface area (Å²) >= 11 is 0. The standard InChI is InChI=1S/C21H17F2N3O3/c1-2-29-21(28)15-6-3-4-9-18(15)25-14-10-13(11-24-12-14)20(27)26-19-16(22)7-5-8-17(19)23/h3-12,25H,2H2,1H3,(H,26,27). The average molecular weight is 397 g/mol. The van der Waals surface area contributed by atoms with Crippen LogP contribution in [-0.2, 0) is 4.74 Å². The summed E-state index contributed by atoms with van der Waals surface area (Å²) in [6.45, 7) is 1.94. The molecule has 1 aromatic heterocycles. The molecule has 0 unspecified atom stereocenters. The smallest absolute Gasteiger partial charge is 0.340 e. The van der Waals surface area contributed by atoms with Crippen molar-refractivity contribution < 1.29 is 23.1 Å². The number of pyridine rings is 1. The maximum atomic E-state index is 13.7. The number of nitrogens with zero attached hydrogens (tertiary/aromatic N) is 1. The summed E-state index contributed by atoms with van der Waals surface area (Å²) < 4.78 is 32.5. The number of para-hydroxylation sites is 2. The van der Waals surface area contributed by atoms with Gasteiger partial charge in [0.2, 0.25) is 0 Å². The van der Waals surface area contributed by atoms with Gasteiger partial charge in [0.1, 0.15) is 17.3 Å². The first-order chi connectivity index (χ1) is 14.0. The average Bonchev–Trinajstić information content (AvgIpc) is 2.71. The summed E-state index contributed by atoms with van der Waals surface area (Å²) in [4.78, 5) is 28.5. The van der Waals surface area contributed by atoms with Gasteiger partial charge in [-0.3, -0.25) is 9.78 Å². The lowest BCUT2D eigenvalue weighted by molar-refractivity contribution is 0.0527. The van der Waals surface area contributed by atoms with Gasteiger partial charge in [0, 0.05) is 6.20 Å². The Bertz CT molecular complexity index is 1040. The molecule has 0 aliphatic heterocycles. The van der Waals surface area contributed by atoms with E-state index in [2.05, 4.69) is 15.6 Å². The van der Waals surface area contributed by atoms with E-state index in [-0.39, 0.29) is 12.2 Å². The Morgan fingerprint density at radius 2 is 1.76 bits per heavy atom. The Balaban J connectivity index is 1.82. The summed E-state index contributed by atoms with van der Waals surface area (Å²) in [6.07, 6.45) is 2.71. The van der Waals surface area contributed by atoms with Crippen LogP contribution in [0.15, 0.2) is 60.9 Å².